The molecule has 0 aromatic carbocycles. The summed E-state index contributed by atoms with van der Waals surface area (Å²) < 4.78 is 0. The maximum absolute atomic E-state index is 5.71. The van der Waals surface area contributed by atoms with Crippen molar-refractivity contribution in [3.05, 3.63) is 0 Å². The molecule has 0 aliphatic heterocycles. The Hall–Kier alpha value is -0.0800. The van der Waals surface area contributed by atoms with E-state index in [1.807, 2.05) is 0 Å². The second-order valence-electron chi connectivity index (χ2n) is 5.82. The topological polar surface area (TPSA) is 38.0 Å². The highest BCUT2D eigenvalue weighted by Crippen LogP contribution is 2.52. The van der Waals surface area contributed by atoms with Crippen LogP contribution in [-0.4, -0.2) is 6.04 Å². The van der Waals surface area contributed by atoms with E-state index in [1.165, 1.54) is 38.5 Å². The van der Waals surface area contributed by atoms with Crippen LogP contribution in [0.15, 0.2) is 0 Å². The van der Waals surface area contributed by atoms with Crippen molar-refractivity contribution >= 4 is 0 Å². The molecule has 0 radical (unpaired) electrons. The molecular formula is C12H24N2. The van der Waals surface area contributed by atoms with Gasteiger partial charge in [-0.05, 0) is 42.9 Å². The minimum atomic E-state index is 0.528. The van der Waals surface area contributed by atoms with Crippen molar-refractivity contribution < 1.29 is 0 Å². The normalized spacial score (nSPS) is 37.9. The summed E-state index contributed by atoms with van der Waals surface area (Å²) in [4.78, 5) is 0. The molecule has 82 valence electrons. The molecule has 0 amide bonds. The van der Waals surface area contributed by atoms with Crippen LogP contribution in [-0.2, 0) is 0 Å². The monoisotopic (exact) mass is 196 g/mol. The van der Waals surface area contributed by atoms with Gasteiger partial charge in [0.1, 0.15) is 0 Å². The third kappa shape index (κ3) is 1.96. The van der Waals surface area contributed by atoms with Gasteiger partial charge in [-0.1, -0.05) is 26.7 Å². The highest BCUT2D eigenvalue weighted by molar-refractivity contribution is 5.01. The molecule has 2 heteroatoms. The number of rotatable bonds is 3. The van der Waals surface area contributed by atoms with Crippen LogP contribution in [0.1, 0.15) is 52.4 Å². The minimum Gasteiger partial charge on any atom is -0.271 e. The molecular weight excluding hydrogens is 172 g/mol. The highest BCUT2D eigenvalue weighted by Gasteiger charge is 2.47. The van der Waals surface area contributed by atoms with E-state index in [4.69, 9.17) is 5.84 Å². The first-order valence-electron chi connectivity index (χ1n) is 6.12. The van der Waals surface area contributed by atoms with Gasteiger partial charge in [0, 0.05) is 6.04 Å². The largest absolute Gasteiger partial charge is 0.271 e. The predicted octanol–water partition coefficient (Wildman–Crippen LogP) is 2.44. The number of hydrogen-bond donors (Lipinski definition) is 2. The number of nitrogens with two attached hydrogens (primary N) is 1. The third-order valence-electron chi connectivity index (χ3n) is 4.50. The van der Waals surface area contributed by atoms with Crippen molar-refractivity contribution in [3.8, 4) is 0 Å². The fourth-order valence-corrected chi connectivity index (χ4v) is 3.03. The molecule has 0 bridgehead atoms. The van der Waals surface area contributed by atoms with E-state index in [9.17, 15) is 0 Å². The molecule has 0 spiro atoms. The van der Waals surface area contributed by atoms with Crippen LogP contribution < -0.4 is 11.3 Å². The molecule has 2 aliphatic rings. The van der Waals surface area contributed by atoms with Crippen LogP contribution in [0.4, 0.5) is 0 Å². The Balaban J connectivity index is 1.92. The van der Waals surface area contributed by atoms with Crippen LogP contribution in [0.2, 0.25) is 0 Å². The van der Waals surface area contributed by atoms with E-state index < -0.39 is 0 Å². The molecule has 3 N–H and O–H groups in total. The zero-order valence-electron chi connectivity index (χ0n) is 9.55. The van der Waals surface area contributed by atoms with Gasteiger partial charge in [-0.3, -0.25) is 11.3 Å². The maximum Gasteiger partial charge on any atom is 0.0292 e. The molecule has 2 saturated carbocycles. The quantitative estimate of drug-likeness (QED) is 0.537. The smallest absolute Gasteiger partial charge is 0.0292 e. The van der Waals surface area contributed by atoms with Gasteiger partial charge < -0.3 is 0 Å². The van der Waals surface area contributed by atoms with Gasteiger partial charge in [-0.15, -0.1) is 0 Å². The van der Waals surface area contributed by atoms with E-state index in [0.29, 0.717) is 11.5 Å². The van der Waals surface area contributed by atoms with E-state index in [1.54, 1.807) is 0 Å². The fourth-order valence-electron chi connectivity index (χ4n) is 3.03. The van der Waals surface area contributed by atoms with Crippen molar-refractivity contribution in [3.63, 3.8) is 0 Å². The summed E-state index contributed by atoms with van der Waals surface area (Å²) in [5, 5.41) is 0. The SMILES string of the molecule is CC1CCC(C(NN)C2(C)CC2)CC1. The van der Waals surface area contributed by atoms with Crippen LogP contribution in [0.3, 0.4) is 0 Å². The molecule has 2 aliphatic carbocycles. The Kier molecular flexibility index (Phi) is 2.85. The molecule has 14 heavy (non-hydrogen) atoms. The first kappa shape index (κ1) is 10.4. The minimum absolute atomic E-state index is 0.528. The second-order valence-corrected chi connectivity index (χ2v) is 5.82. The Morgan fingerprint density at radius 1 is 1.21 bits per heavy atom. The molecule has 0 heterocycles. The zero-order chi connectivity index (χ0) is 10.2. The van der Waals surface area contributed by atoms with Crippen molar-refractivity contribution in [2.45, 2.75) is 58.4 Å². The lowest BCUT2D eigenvalue weighted by Gasteiger charge is -2.36. The van der Waals surface area contributed by atoms with Crippen LogP contribution in [0.25, 0.3) is 0 Å². The Bertz CT molecular complexity index is 190. The second kappa shape index (κ2) is 3.82. The summed E-state index contributed by atoms with van der Waals surface area (Å²) in [6, 6.07) is 0.579. The van der Waals surface area contributed by atoms with E-state index in [2.05, 4.69) is 19.3 Å². The first-order valence-corrected chi connectivity index (χ1v) is 6.12. The summed E-state index contributed by atoms with van der Waals surface area (Å²) in [5.74, 6) is 7.49. The van der Waals surface area contributed by atoms with E-state index in [-0.39, 0.29) is 0 Å². The lowest BCUT2D eigenvalue weighted by atomic mass is 9.75. The van der Waals surface area contributed by atoms with Gasteiger partial charge >= 0.3 is 0 Å². The summed E-state index contributed by atoms with van der Waals surface area (Å²) in [7, 11) is 0. The van der Waals surface area contributed by atoms with Crippen molar-refractivity contribution in [2.75, 3.05) is 0 Å². The van der Waals surface area contributed by atoms with Gasteiger partial charge in [0.15, 0.2) is 0 Å². The van der Waals surface area contributed by atoms with Crippen LogP contribution in [0, 0.1) is 17.3 Å². The standard InChI is InChI=1S/C12H24N2/c1-9-3-5-10(6-4-9)11(14-13)12(2)7-8-12/h9-11,14H,3-8,13H2,1-2H3. The van der Waals surface area contributed by atoms with E-state index in [0.717, 1.165) is 11.8 Å². The average molecular weight is 196 g/mol. The van der Waals surface area contributed by atoms with Crippen LogP contribution >= 0.6 is 0 Å². The molecule has 1 atom stereocenters. The molecule has 0 aromatic rings. The third-order valence-corrected chi connectivity index (χ3v) is 4.50. The van der Waals surface area contributed by atoms with Gasteiger partial charge in [-0.25, -0.2) is 0 Å². The van der Waals surface area contributed by atoms with Gasteiger partial charge in [0.05, 0.1) is 0 Å². The Morgan fingerprint density at radius 3 is 2.21 bits per heavy atom. The molecule has 2 fully saturated rings. The Morgan fingerprint density at radius 2 is 1.79 bits per heavy atom. The average Bonchev–Trinajstić information content (AvgIpc) is 2.89. The number of hydrazine groups is 1. The van der Waals surface area contributed by atoms with Gasteiger partial charge in [0.2, 0.25) is 0 Å². The maximum atomic E-state index is 5.71. The zero-order valence-corrected chi connectivity index (χ0v) is 9.55. The van der Waals surface area contributed by atoms with Gasteiger partial charge in [0.25, 0.3) is 0 Å². The van der Waals surface area contributed by atoms with Crippen molar-refractivity contribution in [1.29, 1.82) is 0 Å². The predicted molar refractivity (Wildman–Crippen MR) is 59.6 cm³/mol. The summed E-state index contributed by atoms with van der Waals surface area (Å²) in [5.41, 5.74) is 3.62. The van der Waals surface area contributed by atoms with Crippen molar-refractivity contribution in [2.24, 2.45) is 23.1 Å². The summed E-state index contributed by atoms with van der Waals surface area (Å²) >= 11 is 0. The van der Waals surface area contributed by atoms with E-state index >= 15 is 0 Å². The lowest BCUT2D eigenvalue weighted by Crippen LogP contribution is -2.47. The number of hydrogen-bond acceptors (Lipinski definition) is 2. The molecule has 2 nitrogen and oxygen atoms in total. The fraction of sp³-hybridized carbons (Fsp3) is 1.00. The summed E-state index contributed by atoms with van der Waals surface area (Å²) in [6.45, 7) is 4.76. The van der Waals surface area contributed by atoms with Crippen LogP contribution in [0.5, 0.6) is 0 Å². The van der Waals surface area contributed by atoms with Gasteiger partial charge in [-0.2, -0.15) is 0 Å². The summed E-state index contributed by atoms with van der Waals surface area (Å²) in [6.07, 6.45) is 8.30. The molecule has 0 saturated heterocycles. The Labute approximate surface area is 87.6 Å². The molecule has 0 aromatic heterocycles. The van der Waals surface area contributed by atoms with Crippen molar-refractivity contribution in [1.82, 2.24) is 5.43 Å². The lowest BCUT2D eigenvalue weighted by molar-refractivity contribution is 0.180. The molecule has 2 rings (SSSR count). The highest BCUT2D eigenvalue weighted by atomic mass is 15.2. The first-order chi connectivity index (χ1) is 6.65. The molecule has 1 unspecified atom stereocenters. The number of nitrogens with one attached hydrogen (secondary N) is 1.